The summed E-state index contributed by atoms with van der Waals surface area (Å²) < 4.78 is 0. The molecule has 0 aliphatic heterocycles. The highest BCUT2D eigenvalue weighted by Crippen LogP contribution is 2.63. The van der Waals surface area contributed by atoms with E-state index in [1.165, 1.54) is 25.7 Å². The number of rotatable bonds is 1. The van der Waals surface area contributed by atoms with E-state index in [9.17, 15) is 4.79 Å². The summed E-state index contributed by atoms with van der Waals surface area (Å²) in [4.78, 5) is 11.0. The molecule has 2 unspecified atom stereocenters. The van der Waals surface area contributed by atoms with Crippen molar-refractivity contribution in [2.24, 2.45) is 11.3 Å². The maximum atomic E-state index is 11.0. The molecule has 0 N–H and O–H groups in total. The van der Waals surface area contributed by atoms with Crippen molar-refractivity contribution in [3.63, 3.8) is 0 Å². The van der Waals surface area contributed by atoms with E-state index in [2.05, 4.69) is 0 Å². The van der Waals surface area contributed by atoms with Crippen molar-refractivity contribution in [1.82, 2.24) is 0 Å². The van der Waals surface area contributed by atoms with Gasteiger partial charge in [-0.2, -0.15) is 0 Å². The van der Waals surface area contributed by atoms with Crippen molar-refractivity contribution in [1.29, 1.82) is 0 Å². The molecule has 0 radical (unpaired) electrons. The van der Waals surface area contributed by atoms with Gasteiger partial charge < -0.3 is 0 Å². The fourth-order valence-electron chi connectivity index (χ4n) is 2.34. The van der Waals surface area contributed by atoms with Crippen LogP contribution in [0.25, 0.3) is 0 Å². The molecule has 0 bridgehead atoms. The van der Waals surface area contributed by atoms with E-state index in [4.69, 9.17) is 0 Å². The zero-order valence-corrected chi connectivity index (χ0v) is 5.81. The Morgan fingerprint density at radius 3 is 2.67 bits per heavy atom. The third kappa shape index (κ3) is 0.525. The average Bonchev–Trinajstić information content (AvgIpc) is 2.38. The first-order chi connectivity index (χ1) is 4.26. The molecular formula is C8H12O. The van der Waals surface area contributed by atoms with E-state index in [-0.39, 0.29) is 5.41 Å². The largest absolute Gasteiger partial charge is 0.299 e. The van der Waals surface area contributed by atoms with Crippen LogP contribution in [0.2, 0.25) is 0 Å². The molecule has 0 amide bonds. The van der Waals surface area contributed by atoms with Gasteiger partial charge in [-0.3, -0.25) is 4.79 Å². The van der Waals surface area contributed by atoms with Crippen LogP contribution in [-0.2, 0) is 4.79 Å². The molecule has 1 heteroatoms. The lowest BCUT2D eigenvalue weighted by Gasteiger charge is -2.03. The number of fused-ring (bicyclic) bond motifs is 1. The molecule has 0 heterocycles. The fraction of sp³-hybridized carbons (Fsp3) is 0.875. The third-order valence-corrected chi connectivity index (χ3v) is 3.11. The molecule has 0 spiro atoms. The Morgan fingerprint density at radius 2 is 2.44 bits per heavy atom. The summed E-state index contributed by atoms with van der Waals surface area (Å²) >= 11 is 0. The van der Waals surface area contributed by atoms with Crippen LogP contribution in [0, 0.1) is 11.3 Å². The Kier molecular flexibility index (Phi) is 0.842. The molecule has 9 heavy (non-hydrogen) atoms. The Hall–Kier alpha value is -0.330. The molecule has 0 aromatic rings. The van der Waals surface area contributed by atoms with Crippen LogP contribution in [0.3, 0.4) is 0 Å². The lowest BCUT2D eigenvalue weighted by atomic mass is 10.00. The molecule has 50 valence electrons. The molecule has 2 atom stereocenters. The Labute approximate surface area is 55.4 Å². The van der Waals surface area contributed by atoms with Gasteiger partial charge in [-0.25, -0.2) is 0 Å². The Balaban J connectivity index is 2.19. The summed E-state index contributed by atoms with van der Waals surface area (Å²) in [5.41, 5.74) is 0.222. The van der Waals surface area contributed by atoms with Crippen LogP contribution < -0.4 is 0 Å². The van der Waals surface area contributed by atoms with Gasteiger partial charge in [0.2, 0.25) is 0 Å². The van der Waals surface area contributed by atoms with Crippen molar-refractivity contribution in [2.45, 2.75) is 32.6 Å². The minimum Gasteiger partial charge on any atom is -0.299 e. The zero-order chi connectivity index (χ0) is 6.48. The molecule has 2 rings (SSSR count). The highest BCUT2D eigenvalue weighted by molar-refractivity contribution is 5.86. The standard InChI is InChI=1S/C8H12O/c1-6(9)8-4-2-3-7(8)5-8/h7H,2-5H2,1H3. The van der Waals surface area contributed by atoms with Gasteiger partial charge in [-0.15, -0.1) is 0 Å². The minimum atomic E-state index is 0.222. The van der Waals surface area contributed by atoms with Crippen molar-refractivity contribution >= 4 is 5.78 Å². The van der Waals surface area contributed by atoms with Gasteiger partial charge in [0, 0.05) is 5.41 Å². The summed E-state index contributed by atoms with van der Waals surface area (Å²) in [6.07, 6.45) is 5.01. The maximum Gasteiger partial charge on any atom is 0.136 e. The lowest BCUT2D eigenvalue weighted by Crippen LogP contribution is -2.09. The van der Waals surface area contributed by atoms with Crippen LogP contribution in [0.4, 0.5) is 0 Å². The summed E-state index contributed by atoms with van der Waals surface area (Å²) in [6, 6.07) is 0. The molecular weight excluding hydrogens is 112 g/mol. The monoisotopic (exact) mass is 124 g/mol. The normalized spacial score (nSPS) is 46.6. The molecule has 2 aliphatic carbocycles. The number of Topliss-reactive ketones (excluding diaryl/α,β-unsaturated/α-hetero) is 1. The second kappa shape index (κ2) is 1.39. The third-order valence-electron chi connectivity index (χ3n) is 3.11. The summed E-state index contributed by atoms with van der Waals surface area (Å²) in [6.45, 7) is 1.76. The predicted molar refractivity (Wildman–Crippen MR) is 35.1 cm³/mol. The van der Waals surface area contributed by atoms with Crippen molar-refractivity contribution in [2.75, 3.05) is 0 Å². The molecule has 0 aromatic carbocycles. The van der Waals surface area contributed by atoms with Crippen molar-refractivity contribution < 1.29 is 4.79 Å². The van der Waals surface area contributed by atoms with E-state index in [1.807, 2.05) is 0 Å². The number of ketones is 1. The molecule has 0 aromatic heterocycles. The van der Waals surface area contributed by atoms with Gasteiger partial charge in [0.15, 0.2) is 0 Å². The molecule has 2 aliphatic rings. The first-order valence-electron chi connectivity index (χ1n) is 3.77. The highest BCUT2D eigenvalue weighted by Gasteiger charge is 2.59. The van der Waals surface area contributed by atoms with Gasteiger partial charge in [0.1, 0.15) is 5.78 Å². The minimum absolute atomic E-state index is 0.222. The van der Waals surface area contributed by atoms with Crippen LogP contribution >= 0.6 is 0 Å². The summed E-state index contributed by atoms with van der Waals surface area (Å²) in [7, 11) is 0. The fourth-order valence-corrected chi connectivity index (χ4v) is 2.34. The van der Waals surface area contributed by atoms with Gasteiger partial charge in [-0.1, -0.05) is 6.42 Å². The van der Waals surface area contributed by atoms with Crippen LogP contribution in [0.5, 0.6) is 0 Å². The van der Waals surface area contributed by atoms with Gasteiger partial charge >= 0.3 is 0 Å². The highest BCUT2D eigenvalue weighted by atomic mass is 16.1. The second-order valence-corrected chi connectivity index (χ2v) is 3.51. The first kappa shape index (κ1) is 5.45. The first-order valence-corrected chi connectivity index (χ1v) is 3.77. The topological polar surface area (TPSA) is 17.1 Å². The maximum absolute atomic E-state index is 11.0. The summed E-state index contributed by atoms with van der Waals surface area (Å²) in [5.74, 6) is 1.25. The Morgan fingerprint density at radius 1 is 1.67 bits per heavy atom. The lowest BCUT2D eigenvalue weighted by molar-refractivity contribution is -0.122. The number of hydrogen-bond donors (Lipinski definition) is 0. The number of carbonyl (C=O) groups is 1. The van der Waals surface area contributed by atoms with Gasteiger partial charge in [0.25, 0.3) is 0 Å². The number of carbonyl (C=O) groups excluding carboxylic acids is 1. The van der Waals surface area contributed by atoms with E-state index >= 15 is 0 Å². The molecule has 2 fully saturated rings. The van der Waals surface area contributed by atoms with Crippen LogP contribution in [-0.4, -0.2) is 5.78 Å². The second-order valence-electron chi connectivity index (χ2n) is 3.51. The molecule has 0 saturated heterocycles. The van der Waals surface area contributed by atoms with Gasteiger partial charge in [0.05, 0.1) is 0 Å². The van der Waals surface area contributed by atoms with E-state index in [0.29, 0.717) is 5.78 Å². The molecule has 1 nitrogen and oxygen atoms in total. The van der Waals surface area contributed by atoms with Crippen molar-refractivity contribution in [3.8, 4) is 0 Å². The van der Waals surface area contributed by atoms with Gasteiger partial charge in [-0.05, 0) is 32.1 Å². The van der Waals surface area contributed by atoms with E-state index in [0.717, 1.165) is 5.92 Å². The number of hydrogen-bond acceptors (Lipinski definition) is 1. The van der Waals surface area contributed by atoms with E-state index < -0.39 is 0 Å². The average molecular weight is 124 g/mol. The SMILES string of the molecule is CC(=O)C12CCCC1C2. The van der Waals surface area contributed by atoms with E-state index in [1.54, 1.807) is 6.92 Å². The van der Waals surface area contributed by atoms with Crippen LogP contribution in [0.1, 0.15) is 32.6 Å². The smallest absolute Gasteiger partial charge is 0.136 e. The summed E-state index contributed by atoms with van der Waals surface area (Å²) in [5, 5.41) is 0. The Bertz CT molecular complexity index is 162. The zero-order valence-electron chi connectivity index (χ0n) is 5.81. The predicted octanol–water partition coefficient (Wildman–Crippen LogP) is 1.77. The molecule has 2 saturated carbocycles. The quantitative estimate of drug-likeness (QED) is 0.520. The van der Waals surface area contributed by atoms with Crippen LogP contribution in [0.15, 0.2) is 0 Å². The van der Waals surface area contributed by atoms with Crippen molar-refractivity contribution in [3.05, 3.63) is 0 Å².